The van der Waals surface area contributed by atoms with Crippen LogP contribution in [0.3, 0.4) is 0 Å². The molecule has 5 heteroatoms. The summed E-state index contributed by atoms with van der Waals surface area (Å²) in [5, 5.41) is 6.59. The number of rotatable bonds is 8. The fourth-order valence-electron chi connectivity index (χ4n) is 1.93. The second kappa shape index (κ2) is 10.0. The fraction of sp³-hybridized carbons (Fsp3) is 0.562. The first-order valence-electron chi connectivity index (χ1n) is 7.37. The van der Waals surface area contributed by atoms with Crippen LogP contribution >= 0.6 is 0 Å². The Kier molecular flexibility index (Phi) is 8.28. The zero-order valence-corrected chi connectivity index (χ0v) is 13.6. The summed E-state index contributed by atoms with van der Waals surface area (Å²) in [5.74, 6) is 0.844. The lowest BCUT2D eigenvalue weighted by molar-refractivity contribution is 0.195. The van der Waals surface area contributed by atoms with Crippen LogP contribution in [-0.2, 0) is 11.2 Å². The lowest BCUT2D eigenvalue weighted by Gasteiger charge is -2.14. The van der Waals surface area contributed by atoms with Crippen molar-refractivity contribution in [2.24, 2.45) is 4.99 Å². The maximum Gasteiger partial charge on any atom is 0.190 e. The Bertz CT molecular complexity index is 415. The van der Waals surface area contributed by atoms with E-state index in [0.717, 1.165) is 38.5 Å². The van der Waals surface area contributed by atoms with Crippen molar-refractivity contribution < 1.29 is 4.74 Å². The molecule has 0 aliphatic carbocycles. The molecule has 0 unspecified atom stereocenters. The summed E-state index contributed by atoms with van der Waals surface area (Å²) in [5.41, 5.74) is 2.55. The number of ether oxygens (including phenoxy) is 1. The summed E-state index contributed by atoms with van der Waals surface area (Å²) in [6.45, 7) is 2.50. The Morgan fingerprint density at radius 1 is 1.14 bits per heavy atom. The van der Waals surface area contributed by atoms with Gasteiger partial charge in [0.25, 0.3) is 0 Å². The SMILES string of the molecule is CN=C(NCCCOC)NCCc1ccc(N(C)C)cc1. The minimum Gasteiger partial charge on any atom is -0.385 e. The number of methoxy groups -OCH3 is 1. The molecule has 0 fully saturated rings. The van der Waals surface area contributed by atoms with Gasteiger partial charge in [-0.15, -0.1) is 0 Å². The standard InChI is InChI=1S/C16H28N4O/c1-17-16(18-11-5-13-21-4)19-12-10-14-6-8-15(9-7-14)20(2)3/h6-9H,5,10-13H2,1-4H3,(H2,17,18,19). The van der Waals surface area contributed by atoms with E-state index in [1.807, 2.05) is 0 Å². The first-order chi connectivity index (χ1) is 10.2. The number of nitrogens with one attached hydrogen (secondary N) is 2. The minimum atomic E-state index is 0.766. The maximum atomic E-state index is 5.02. The number of anilines is 1. The molecule has 0 aromatic heterocycles. The van der Waals surface area contributed by atoms with E-state index in [1.54, 1.807) is 14.2 Å². The Labute approximate surface area is 128 Å². The lowest BCUT2D eigenvalue weighted by atomic mass is 10.1. The van der Waals surface area contributed by atoms with E-state index in [-0.39, 0.29) is 0 Å². The molecule has 0 saturated heterocycles. The van der Waals surface area contributed by atoms with Crippen LogP contribution in [0.25, 0.3) is 0 Å². The molecule has 21 heavy (non-hydrogen) atoms. The third-order valence-electron chi connectivity index (χ3n) is 3.20. The van der Waals surface area contributed by atoms with Crippen molar-refractivity contribution in [3.8, 4) is 0 Å². The van der Waals surface area contributed by atoms with Gasteiger partial charge in [-0.05, 0) is 30.5 Å². The van der Waals surface area contributed by atoms with Gasteiger partial charge in [0.15, 0.2) is 5.96 Å². The van der Waals surface area contributed by atoms with Gasteiger partial charge in [-0.1, -0.05) is 12.1 Å². The molecule has 1 aromatic rings. The van der Waals surface area contributed by atoms with Crippen LogP contribution in [0.15, 0.2) is 29.3 Å². The molecule has 0 saturated carbocycles. The Morgan fingerprint density at radius 3 is 2.38 bits per heavy atom. The predicted molar refractivity (Wildman–Crippen MR) is 90.3 cm³/mol. The van der Waals surface area contributed by atoms with Crippen LogP contribution in [0, 0.1) is 0 Å². The van der Waals surface area contributed by atoms with Crippen molar-refractivity contribution in [1.29, 1.82) is 0 Å². The quantitative estimate of drug-likeness (QED) is 0.433. The van der Waals surface area contributed by atoms with E-state index in [0.29, 0.717) is 0 Å². The third-order valence-corrected chi connectivity index (χ3v) is 3.20. The molecule has 0 spiro atoms. The molecule has 0 heterocycles. The van der Waals surface area contributed by atoms with E-state index in [1.165, 1.54) is 11.3 Å². The third kappa shape index (κ3) is 6.99. The fourth-order valence-corrected chi connectivity index (χ4v) is 1.93. The predicted octanol–water partition coefficient (Wildman–Crippen LogP) is 1.50. The molecule has 0 atom stereocenters. The summed E-state index contributed by atoms with van der Waals surface area (Å²) in [7, 11) is 7.61. The van der Waals surface area contributed by atoms with Gasteiger partial charge in [-0.3, -0.25) is 4.99 Å². The van der Waals surface area contributed by atoms with Crippen LogP contribution in [0.5, 0.6) is 0 Å². The number of hydrogen-bond donors (Lipinski definition) is 2. The van der Waals surface area contributed by atoms with Gasteiger partial charge >= 0.3 is 0 Å². The highest BCUT2D eigenvalue weighted by Gasteiger charge is 1.99. The van der Waals surface area contributed by atoms with Gasteiger partial charge in [0, 0.05) is 53.6 Å². The maximum absolute atomic E-state index is 5.02. The second-order valence-corrected chi connectivity index (χ2v) is 5.08. The first-order valence-corrected chi connectivity index (χ1v) is 7.37. The molecule has 0 bridgehead atoms. The zero-order valence-electron chi connectivity index (χ0n) is 13.6. The monoisotopic (exact) mass is 292 g/mol. The van der Waals surface area contributed by atoms with E-state index in [4.69, 9.17) is 4.74 Å². The van der Waals surface area contributed by atoms with Crippen LogP contribution in [0.2, 0.25) is 0 Å². The molecule has 118 valence electrons. The van der Waals surface area contributed by atoms with E-state index in [9.17, 15) is 0 Å². The van der Waals surface area contributed by atoms with Crippen molar-refractivity contribution in [2.45, 2.75) is 12.8 Å². The highest BCUT2D eigenvalue weighted by atomic mass is 16.5. The van der Waals surface area contributed by atoms with Gasteiger partial charge in [0.1, 0.15) is 0 Å². The van der Waals surface area contributed by atoms with Gasteiger partial charge in [-0.25, -0.2) is 0 Å². The normalized spacial score (nSPS) is 11.3. The summed E-state index contributed by atoms with van der Waals surface area (Å²) in [6, 6.07) is 8.64. The van der Waals surface area contributed by atoms with Gasteiger partial charge < -0.3 is 20.3 Å². The molecule has 0 amide bonds. The Hall–Kier alpha value is -1.75. The van der Waals surface area contributed by atoms with Crippen molar-refractivity contribution in [2.75, 3.05) is 52.8 Å². The van der Waals surface area contributed by atoms with Gasteiger partial charge in [-0.2, -0.15) is 0 Å². The lowest BCUT2D eigenvalue weighted by Crippen LogP contribution is -2.39. The highest BCUT2D eigenvalue weighted by Crippen LogP contribution is 2.12. The van der Waals surface area contributed by atoms with Gasteiger partial charge in [0.05, 0.1) is 0 Å². The number of nitrogens with zero attached hydrogens (tertiary/aromatic N) is 2. The van der Waals surface area contributed by atoms with E-state index >= 15 is 0 Å². The van der Waals surface area contributed by atoms with Crippen molar-refractivity contribution in [1.82, 2.24) is 10.6 Å². The highest BCUT2D eigenvalue weighted by molar-refractivity contribution is 5.79. The average molecular weight is 292 g/mol. The second-order valence-electron chi connectivity index (χ2n) is 5.08. The molecule has 1 rings (SSSR count). The number of hydrogen-bond acceptors (Lipinski definition) is 3. The first kappa shape index (κ1) is 17.3. The van der Waals surface area contributed by atoms with Crippen LogP contribution in [0.4, 0.5) is 5.69 Å². The molecule has 2 N–H and O–H groups in total. The zero-order chi connectivity index (χ0) is 15.5. The van der Waals surface area contributed by atoms with E-state index < -0.39 is 0 Å². The average Bonchev–Trinajstić information content (AvgIpc) is 2.50. The summed E-state index contributed by atoms with van der Waals surface area (Å²) < 4.78 is 5.02. The largest absolute Gasteiger partial charge is 0.385 e. The van der Waals surface area contributed by atoms with Crippen LogP contribution in [-0.4, -0.2) is 53.9 Å². The Morgan fingerprint density at radius 2 is 1.81 bits per heavy atom. The molecule has 0 aliphatic heterocycles. The summed E-state index contributed by atoms with van der Waals surface area (Å²) in [6.07, 6.45) is 1.95. The molecular formula is C16H28N4O. The molecule has 5 nitrogen and oxygen atoms in total. The number of benzene rings is 1. The van der Waals surface area contributed by atoms with Gasteiger partial charge in [0.2, 0.25) is 0 Å². The smallest absolute Gasteiger partial charge is 0.190 e. The summed E-state index contributed by atoms with van der Waals surface area (Å²) >= 11 is 0. The van der Waals surface area contributed by atoms with Crippen LogP contribution in [0.1, 0.15) is 12.0 Å². The molecule has 1 aromatic carbocycles. The van der Waals surface area contributed by atoms with Crippen molar-refractivity contribution >= 4 is 11.6 Å². The number of aliphatic imine (C=N–C) groups is 1. The molecule has 0 radical (unpaired) electrons. The van der Waals surface area contributed by atoms with E-state index in [2.05, 4.69) is 58.9 Å². The topological polar surface area (TPSA) is 48.9 Å². The Balaban J connectivity index is 2.27. The molecule has 0 aliphatic rings. The van der Waals surface area contributed by atoms with Crippen molar-refractivity contribution in [3.05, 3.63) is 29.8 Å². The minimum absolute atomic E-state index is 0.766. The molecular weight excluding hydrogens is 264 g/mol. The summed E-state index contributed by atoms with van der Waals surface area (Å²) in [4.78, 5) is 6.31. The van der Waals surface area contributed by atoms with Crippen molar-refractivity contribution in [3.63, 3.8) is 0 Å². The van der Waals surface area contributed by atoms with Crippen LogP contribution < -0.4 is 15.5 Å². The number of guanidine groups is 1.